The third kappa shape index (κ3) is 8.39. The van der Waals surface area contributed by atoms with Crippen LogP contribution in [-0.4, -0.2) is 84.6 Å². The third-order valence-corrected chi connectivity index (χ3v) is 13.3. The van der Waals surface area contributed by atoms with Crippen LogP contribution in [-0.2, 0) is 29.8 Å². The van der Waals surface area contributed by atoms with E-state index < -0.39 is 69.5 Å². The van der Waals surface area contributed by atoms with Gasteiger partial charge in [0.1, 0.15) is 18.3 Å². The molecule has 0 aliphatic carbocycles. The molecule has 1 aromatic carbocycles. The summed E-state index contributed by atoms with van der Waals surface area (Å²) in [4.78, 5) is 41.9. The highest BCUT2D eigenvalue weighted by Gasteiger charge is 2.54. The van der Waals surface area contributed by atoms with Crippen LogP contribution in [0.5, 0.6) is 0 Å². The summed E-state index contributed by atoms with van der Waals surface area (Å²) >= 11 is 0. The van der Waals surface area contributed by atoms with Gasteiger partial charge in [0.25, 0.3) is 0 Å². The van der Waals surface area contributed by atoms with Crippen molar-refractivity contribution in [2.45, 2.75) is 194 Å². The van der Waals surface area contributed by atoms with Crippen LogP contribution < -0.4 is 0 Å². The number of esters is 3. The summed E-state index contributed by atoms with van der Waals surface area (Å²) in [5.41, 5.74) is -4.89. The second-order valence-corrected chi connectivity index (χ2v) is 20.0. The molecule has 6 unspecified atom stereocenters. The molecule has 3 fully saturated rings. The molecule has 1 aromatic rings. The highest BCUT2D eigenvalue weighted by Crippen LogP contribution is 2.45. The third-order valence-electron chi connectivity index (χ3n) is 13.3. The first kappa shape index (κ1) is 44.1. The van der Waals surface area contributed by atoms with Crippen LogP contribution in [0.1, 0.15) is 173 Å². The van der Waals surface area contributed by atoms with Gasteiger partial charge >= 0.3 is 17.9 Å². The molecule has 0 spiro atoms. The second-order valence-electron chi connectivity index (χ2n) is 20.0. The average Bonchev–Trinajstić information content (AvgIpc) is 3.04. The minimum absolute atomic E-state index is 0.0257. The van der Waals surface area contributed by atoms with Gasteiger partial charge in [0, 0.05) is 55.1 Å². The smallest absolute Gasteiger partial charge is 0.338 e. The summed E-state index contributed by atoms with van der Waals surface area (Å²) < 4.78 is 18.2. The van der Waals surface area contributed by atoms with Crippen molar-refractivity contribution in [1.29, 1.82) is 0 Å². The maximum atomic E-state index is 14.0. The van der Waals surface area contributed by atoms with Crippen LogP contribution in [0.15, 0.2) is 18.2 Å². The van der Waals surface area contributed by atoms with Crippen molar-refractivity contribution in [2.75, 3.05) is 0 Å². The van der Waals surface area contributed by atoms with E-state index in [0.29, 0.717) is 38.5 Å². The van der Waals surface area contributed by atoms with E-state index >= 15 is 0 Å². The number of hydrogen-bond acceptors (Lipinski definition) is 9. The standard InChI is InChI=1S/C42H66N3O9/c1-25(2)40(13)22-31(19-37(7,8)43(40)49)52-34(46)28-16-29(35(47)53-32-20-38(9,10)44(50)41(14,23-32)26(3)4)18-30(17-28)36(48)54-33-21-39(11,12)45(51)42(15,24-33)27(5)6/h16-18,25-27,31-33H,19-24H2,1-15H3. The SMILES string of the molecule is CC(C)C1(C)CC(OC(=O)c2cc(C(=O)OC3CC(C)(C)N([O])C(C)(C(C)C)C3)cc(C(=O)OC3CC(C)(C)N([O])C(C)(C(C)C)C3)c2)CC(C)(C)N1[O]. The van der Waals surface area contributed by atoms with Gasteiger partial charge < -0.3 is 14.2 Å². The number of hydrogen-bond donors (Lipinski definition) is 0. The molecule has 0 N–H and O–H groups in total. The summed E-state index contributed by atoms with van der Waals surface area (Å²) in [5.74, 6) is -2.31. The van der Waals surface area contributed by atoms with Crippen molar-refractivity contribution in [3.63, 3.8) is 0 Å². The van der Waals surface area contributed by atoms with Crippen LogP contribution in [0.25, 0.3) is 0 Å². The van der Waals surface area contributed by atoms with E-state index in [1.54, 1.807) is 0 Å². The van der Waals surface area contributed by atoms with Gasteiger partial charge in [-0.3, -0.25) is 0 Å². The fourth-order valence-electron chi connectivity index (χ4n) is 9.14. The van der Waals surface area contributed by atoms with Crippen LogP contribution in [0.2, 0.25) is 0 Å². The van der Waals surface area contributed by atoms with Gasteiger partial charge in [-0.2, -0.15) is 0 Å². The molecule has 3 saturated heterocycles. The lowest BCUT2D eigenvalue weighted by Crippen LogP contribution is -2.63. The molecular formula is C42H66N3O9. The average molecular weight is 757 g/mol. The Morgan fingerprint density at radius 3 is 0.852 bits per heavy atom. The molecule has 54 heavy (non-hydrogen) atoms. The Kier molecular flexibility index (Phi) is 12.3. The molecule has 0 saturated carbocycles. The largest absolute Gasteiger partial charge is 0.459 e. The van der Waals surface area contributed by atoms with E-state index in [0.717, 1.165) is 15.2 Å². The first-order valence-electron chi connectivity index (χ1n) is 19.7. The Balaban J connectivity index is 1.69. The number of carbonyl (C=O) groups excluding carboxylic acids is 3. The zero-order valence-corrected chi connectivity index (χ0v) is 35.5. The summed E-state index contributed by atoms with van der Waals surface area (Å²) in [6.45, 7) is 28.4. The zero-order chi connectivity index (χ0) is 41.1. The molecular weight excluding hydrogens is 690 g/mol. The minimum Gasteiger partial charge on any atom is -0.459 e. The molecule has 12 heteroatoms. The number of rotatable bonds is 9. The molecule has 3 aliphatic rings. The fraction of sp³-hybridized carbons (Fsp3) is 0.786. The van der Waals surface area contributed by atoms with E-state index in [9.17, 15) is 30.0 Å². The normalized spacial score (nSPS) is 33.2. The van der Waals surface area contributed by atoms with Gasteiger partial charge in [-0.05, 0) is 98.3 Å². The van der Waals surface area contributed by atoms with Gasteiger partial charge in [-0.25, -0.2) is 14.4 Å². The minimum atomic E-state index is -0.807. The Morgan fingerprint density at radius 2 is 0.667 bits per heavy atom. The number of hydroxylamine groups is 6. The summed E-state index contributed by atoms with van der Waals surface area (Å²) in [7, 11) is 0. The number of piperidine rings is 3. The van der Waals surface area contributed by atoms with Gasteiger partial charge in [0.05, 0.1) is 33.3 Å². The molecule has 3 heterocycles. The number of benzene rings is 1. The zero-order valence-electron chi connectivity index (χ0n) is 35.5. The van der Waals surface area contributed by atoms with Gasteiger partial charge in [0.15, 0.2) is 0 Å². The monoisotopic (exact) mass is 756 g/mol. The van der Waals surface area contributed by atoms with Crippen LogP contribution in [0, 0.1) is 17.8 Å². The summed E-state index contributed by atoms with van der Waals surface area (Å²) in [5, 5.41) is 43.5. The van der Waals surface area contributed by atoms with Crippen molar-refractivity contribution >= 4 is 17.9 Å². The molecule has 303 valence electrons. The van der Waals surface area contributed by atoms with Crippen LogP contribution >= 0.6 is 0 Å². The molecule has 4 rings (SSSR count). The van der Waals surface area contributed by atoms with E-state index in [1.165, 1.54) is 18.2 Å². The molecule has 3 aliphatic heterocycles. The molecule has 12 nitrogen and oxygen atoms in total. The molecule has 0 aromatic heterocycles. The first-order valence-corrected chi connectivity index (χ1v) is 19.7. The van der Waals surface area contributed by atoms with E-state index in [4.69, 9.17) is 14.2 Å². The fourth-order valence-corrected chi connectivity index (χ4v) is 9.14. The lowest BCUT2D eigenvalue weighted by atomic mass is 9.73. The van der Waals surface area contributed by atoms with Crippen molar-refractivity contribution in [3.05, 3.63) is 34.9 Å². The summed E-state index contributed by atoms with van der Waals surface area (Å²) in [6, 6.07) is 4.09. The predicted octanol–water partition coefficient (Wildman–Crippen LogP) is 8.17. The van der Waals surface area contributed by atoms with Gasteiger partial charge in [-0.1, -0.05) is 41.5 Å². The quantitative estimate of drug-likeness (QED) is 0.180. The molecule has 6 atom stereocenters. The Labute approximate surface area is 323 Å². The van der Waals surface area contributed by atoms with Crippen molar-refractivity contribution in [2.24, 2.45) is 17.8 Å². The lowest BCUT2D eigenvalue weighted by Gasteiger charge is -2.52. The Hall–Kier alpha value is -2.61. The predicted molar refractivity (Wildman–Crippen MR) is 201 cm³/mol. The maximum absolute atomic E-state index is 14.0. The maximum Gasteiger partial charge on any atom is 0.338 e. The van der Waals surface area contributed by atoms with Crippen LogP contribution in [0.4, 0.5) is 0 Å². The highest BCUT2D eigenvalue weighted by molar-refractivity contribution is 6.00. The van der Waals surface area contributed by atoms with Crippen molar-refractivity contribution in [1.82, 2.24) is 15.2 Å². The summed E-state index contributed by atoms with van der Waals surface area (Å²) in [6.07, 6.45) is 0.0301. The second kappa shape index (κ2) is 15.0. The van der Waals surface area contributed by atoms with E-state index in [1.807, 2.05) is 104 Å². The van der Waals surface area contributed by atoms with Crippen molar-refractivity contribution in [3.8, 4) is 0 Å². The molecule has 0 bridgehead atoms. The first-order chi connectivity index (χ1) is 24.5. The Bertz CT molecular complexity index is 1380. The lowest BCUT2D eigenvalue weighted by molar-refractivity contribution is -0.312. The topological polar surface area (TPSA) is 148 Å². The molecule has 0 amide bonds. The van der Waals surface area contributed by atoms with Gasteiger partial charge in [-0.15, -0.1) is 30.8 Å². The van der Waals surface area contributed by atoms with Gasteiger partial charge in [0.2, 0.25) is 0 Å². The number of carbonyl (C=O) groups is 3. The highest BCUT2D eigenvalue weighted by atomic mass is 16.6. The van der Waals surface area contributed by atoms with E-state index in [2.05, 4.69) is 0 Å². The van der Waals surface area contributed by atoms with E-state index in [-0.39, 0.29) is 34.4 Å². The number of nitrogens with zero attached hydrogens (tertiary/aromatic N) is 3. The van der Waals surface area contributed by atoms with Crippen LogP contribution in [0.3, 0.4) is 0 Å². The number of ether oxygens (including phenoxy) is 3. The molecule has 3 radical (unpaired) electrons. The van der Waals surface area contributed by atoms with Crippen molar-refractivity contribution < 1.29 is 44.2 Å². The Morgan fingerprint density at radius 1 is 0.463 bits per heavy atom.